The van der Waals surface area contributed by atoms with Gasteiger partial charge in [-0.1, -0.05) is 18.2 Å². The highest BCUT2D eigenvalue weighted by Gasteiger charge is 2.30. The van der Waals surface area contributed by atoms with E-state index in [1.807, 2.05) is 24.3 Å². The van der Waals surface area contributed by atoms with Gasteiger partial charge in [-0.2, -0.15) is 0 Å². The van der Waals surface area contributed by atoms with E-state index in [0.717, 1.165) is 30.7 Å². The van der Waals surface area contributed by atoms with Crippen LogP contribution < -0.4 is 9.62 Å². The van der Waals surface area contributed by atoms with Crippen LogP contribution in [0.1, 0.15) is 28.8 Å². The molecular formula is C20H22N2O4S. The Kier molecular flexibility index (Phi) is 4.88. The molecule has 1 N–H and O–H groups in total. The van der Waals surface area contributed by atoms with Crippen LogP contribution in [0.4, 0.5) is 5.69 Å². The summed E-state index contributed by atoms with van der Waals surface area (Å²) in [4.78, 5) is 12.4. The molecule has 1 atom stereocenters. The molecule has 27 heavy (non-hydrogen) atoms. The fraction of sp³-hybridized carbons (Fsp3) is 0.350. The molecule has 0 aliphatic carbocycles. The fourth-order valence-corrected chi connectivity index (χ4v) is 5.08. The fourth-order valence-electron chi connectivity index (χ4n) is 3.58. The first-order chi connectivity index (χ1) is 13.1. The number of carbonyl (C=O) groups is 1. The highest BCUT2D eigenvalue weighted by Crippen LogP contribution is 2.32. The maximum Gasteiger partial charge on any atom is 0.264 e. The quantitative estimate of drug-likeness (QED) is 0.856. The summed E-state index contributed by atoms with van der Waals surface area (Å²) >= 11 is 0. The van der Waals surface area contributed by atoms with Crippen molar-refractivity contribution in [3.63, 3.8) is 0 Å². The lowest BCUT2D eigenvalue weighted by Crippen LogP contribution is -2.32. The predicted molar refractivity (Wildman–Crippen MR) is 102 cm³/mol. The van der Waals surface area contributed by atoms with Crippen LogP contribution in [0.25, 0.3) is 0 Å². The number of fused-ring (bicyclic) bond motifs is 1. The lowest BCUT2D eigenvalue weighted by Gasteiger charge is -2.19. The number of nitrogens with zero attached hydrogens (tertiary/aromatic N) is 1. The van der Waals surface area contributed by atoms with Gasteiger partial charge in [0, 0.05) is 25.3 Å². The number of hydrogen-bond donors (Lipinski definition) is 1. The monoisotopic (exact) mass is 386 g/mol. The normalized spacial score (nSPS) is 19.1. The van der Waals surface area contributed by atoms with Gasteiger partial charge < -0.3 is 10.1 Å². The van der Waals surface area contributed by atoms with Crippen molar-refractivity contribution in [3.8, 4) is 0 Å². The van der Waals surface area contributed by atoms with Gasteiger partial charge in [0.2, 0.25) is 0 Å². The summed E-state index contributed by atoms with van der Waals surface area (Å²) in [5.74, 6) is -0.221. The molecule has 0 bridgehead atoms. The van der Waals surface area contributed by atoms with Gasteiger partial charge in [0.1, 0.15) is 0 Å². The summed E-state index contributed by atoms with van der Waals surface area (Å²) in [6.07, 6.45) is 2.75. The molecule has 2 heterocycles. The van der Waals surface area contributed by atoms with Gasteiger partial charge >= 0.3 is 0 Å². The first-order valence-corrected chi connectivity index (χ1v) is 10.6. The molecule has 2 aliphatic rings. The van der Waals surface area contributed by atoms with Crippen molar-refractivity contribution < 1.29 is 17.9 Å². The third-order valence-electron chi connectivity index (χ3n) is 5.06. The Balaban J connectivity index is 1.47. The first-order valence-electron chi connectivity index (χ1n) is 9.16. The Morgan fingerprint density at radius 2 is 1.93 bits per heavy atom. The second-order valence-electron chi connectivity index (χ2n) is 6.83. The van der Waals surface area contributed by atoms with E-state index in [-0.39, 0.29) is 16.9 Å². The van der Waals surface area contributed by atoms with E-state index in [9.17, 15) is 13.2 Å². The molecule has 4 rings (SSSR count). The van der Waals surface area contributed by atoms with Crippen LogP contribution in [-0.4, -0.2) is 40.1 Å². The van der Waals surface area contributed by atoms with E-state index < -0.39 is 10.0 Å². The summed E-state index contributed by atoms with van der Waals surface area (Å²) in [6.45, 7) is 1.65. The van der Waals surface area contributed by atoms with Gasteiger partial charge in [-0.25, -0.2) is 8.42 Å². The Morgan fingerprint density at radius 1 is 1.15 bits per heavy atom. The number of carbonyl (C=O) groups excluding carboxylic acids is 1. The largest absolute Gasteiger partial charge is 0.376 e. The molecule has 2 aliphatic heterocycles. The van der Waals surface area contributed by atoms with E-state index in [1.165, 1.54) is 16.4 Å². The van der Waals surface area contributed by atoms with E-state index in [4.69, 9.17) is 4.74 Å². The molecule has 1 unspecified atom stereocenters. The first kappa shape index (κ1) is 18.0. The molecule has 1 amide bonds. The second kappa shape index (κ2) is 7.32. The number of benzene rings is 2. The van der Waals surface area contributed by atoms with Crippen LogP contribution in [0.2, 0.25) is 0 Å². The smallest absolute Gasteiger partial charge is 0.264 e. The summed E-state index contributed by atoms with van der Waals surface area (Å²) in [5.41, 5.74) is 2.20. The van der Waals surface area contributed by atoms with Crippen molar-refractivity contribution in [1.82, 2.24) is 5.32 Å². The zero-order valence-electron chi connectivity index (χ0n) is 14.9. The van der Waals surface area contributed by atoms with Crippen molar-refractivity contribution in [2.24, 2.45) is 0 Å². The third kappa shape index (κ3) is 3.57. The number of rotatable bonds is 5. The van der Waals surface area contributed by atoms with E-state index in [0.29, 0.717) is 25.1 Å². The molecule has 2 aromatic carbocycles. The summed E-state index contributed by atoms with van der Waals surface area (Å²) in [6, 6.07) is 13.6. The molecule has 6 nitrogen and oxygen atoms in total. The second-order valence-corrected chi connectivity index (χ2v) is 8.69. The lowest BCUT2D eigenvalue weighted by molar-refractivity contribution is 0.0857. The van der Waals surface area contributed by atoms with Crippen LogP contribution in [0.3, 0.4) is 0 Å². The van der Waals surface area contributed by atoms with Crippen molar-refractivity contribution in [3.05, 3.63) is 59.7 Å². The number of para-hydroxylation sites is 1. The van der Waals surface area contributed by atoms with Crippen LogP contribution in [0.5, 0.6) is 0 Å². The minimum Gasteiger partial charge on any atom is -0.376 e. The van der Waals surface area contributed by atoms with Gasteiger partial charge in [-0.15, -0.1) is 0 Å². The van der Waals surface area contributed by atoms with Crippen molar-refractivity contribution in [2.75, 3.05) is 24.0 Å². The SMILES string of the molecule is O=C(NCC1CCCO1)c1ccc(S(=O)(=O)N2CCc3ccccc32)cc1. The van der Waals surface area contributed by atoms with E-state index in [2.05, 4.69) is 5.32 Å². The molecular weight excluding hydrogens is 364 g/mol. The highest BCUT2D eigenvalue weighted by molar-refractivity contribution is 7.92. The zero-order valence-corrected chi connectivity index (χ0v) is 15.7. The number of amides is 1. The Hall–Kier alpha value is -2.38. The number of sulfonamides is 1. The van der Waals surface area contributed by atoms with Crippen molar-refractivity contribution in [1.29, 1.82) is 0 Å². The summed E-state index contributed by atoms with van der Waals surface area (Å²) in [7, 11) is -3.64. The minimum atomic E-state index is -3.64. The standard InChI is InChI=1S/C20H22N2O4S/c23-20(21-14-17-5-3-13-26-17)16-7-9-18(10-8-16)27(24,25)22-12-11-15-4-1-2-6-19(15)22/h1-2,4,6-10,17H,3,5,11-14H2,(H,21,23). The van der Waals surface area contributed by atoms with Crippen LogP contribution in [-0.2, 0) is 21.2 Å². The Morgan fingerprint density at radius 3 is 2.67 bits per heavy atom. The minimum absolute atomic E-state index is 0.0730. The number of hydrogen-bond acceptors (Lipinski definition) is 4. The average molecular weight is 386 g/mol. The molecule has 1 fully saturated rings. The number of anilines is 1. The molecule has 7 heteroatoms. The number of nitrogens with one attached hydrogen (secondary N) is 1. The molecule has 1 saturated heterocycles. The van der Waals surface area contributed by atoms with Crippen LogP contribution >= 0.6 is 0 Å². The summed E-state index contributed by atoms with van der Waals surface area (Å²) < 4.78 is 32.9. The Bertz CT molecular complexity index is 935. The zero-order chi connectivity index (χ0) is 18.9. The molecule has 142 valence electrons. The van der Waals surface area contributed by atoms with Gasteiger partial charge in [-0.05, 0) is 55.2 Å². The average Bonchev–Trinajstić information content (AvgIpc) is 3.36. The van der Waals surface area contributed by atoms with Gasteiger partial charge in [0.25, 0.3) is 15.9 Å². The van der Waals surface area contributed by atoms with E-state index >= 15 is 0 Å². The molecule has 0 aromatic heterocycles. The third-order valence-corrected chi connectivity index (χ3v) is 6.89. The van der Waals surface area contributed by atoms with Gasteiger partial charge in [0.05, 0.1) is 16.7 Å². The van der Waals surface area contributed by atoms with Crippen molar-refractivity contribution >= 4 is 21.6 Å². The summed E-state index contributed by atoms with van der Waals surface area (Å²) in [5, 5.41) is 2.84. The lowest BCUT2D eigenvalue weighted by atomic mass is 10.2. The van der Waals surface area contributed by atoms with Crippen LogP contribution in [0, 0.1) is 0 Å². The van der Waals surface area contributed by atoms with Crippen molar-refractivity contribution in [2.45, 2.75) is 30.3 Å². The highest BCUT2D eigenvalue weighted by atomic mass is 32.2. The van der Waals surface area contributed by atoms with E-state index in [1.54, 1.807) is 12.1 Å². The topological polar surface area (TPSA) is 75.7 Å². The molecule has 0 saturated carbocycles. The van der Waals surface area contributed by atoms with Crippen LogP contribution in [0.15, 0.2) is 53.4 Å². The molecule has 0 spiro atoms. The van der Waals surface area contributed by atoms with Gasteiger partial charge in [-0.3, -0.25) is 9.10 Å². The van der Waals surface area contributed by atoms with Gasteiger partial charge in [0.15, 0.2) is 0 Å². The maximum atomic E-state index is 13.0. The molecule has 0 radical (unpaired) electrons. The maximum absolute atomic E-state index is 13.0. The Labute approximate surface area is 159 Å². The predicted octanol–water partition coefficient (Wildman–Crippen LogP) is 2.35. The molecule has 2 aromatic rings. The number of ether oxygens (including phenoxy) is 1.